The summed E-state index contributed by atoms with van der Waals surface area (Å²) in [5, 5.41) is 12.6. The first-order chi connectivity index (χ1) is 7.29. The molecule has 1 aliphatic heterocycles. The van der Waals surface area contributed by atoms with Gasteiger partial charge in [0.25, 0.3) is 0 Å². The molecule has 1 fully saturated rings. The molecule has 82 valence electrons. The number of benzene rings is 1. The predicted octanol–water partition coefficient (Wildman–Crippen LogP) is 1.68. The van der Waals surface area contributed by atoms with E-state index < -0.39 is 0 Å². The first-order valence-corrected chi connectivity index (χ1v) is 5.67. The standard InChI is InChI=1S/C13H19NO/c1-10-3-2-4-12(5-10)13-6-11(9-15)7-14-8-13/h2-5,11,13-15H,6-9H2,1H3. The molecule has 2 heteroatoms. The summed E-state index contributed by atoms with van der Waals surface area (Å²) in [5.74, 6) is 0.986. The number of aliphatic hydroxyl groups is 1. The highest BCUT2D eigenvalue weighted by atomic mass is 16.3. The Bertz CT molecular complexity index is 324. The monoisotopic (exact) mass is 205 g/mol. The van der Waals surface area contributed by atoms with Gasteiger partial charge in [-0.25, -0.2) is 0 Å². The summed E-state index contributed by atoms with van der Waals surface area (Å²) in [7, 11) is 0. The average molecular weight is 205 g/mol. The summed E-state index contributed by atoms with van der Waals surface area (Å²) in [6, 6.07) is 8.70. The van der Waals surface area contributed by atoms with Gasteiger partial charge in [-0.1, -0.05) is 29.8 Å². The Morgan fingerprint density at radius 2 is 2.27 bits per heavy atom. The van der Waals surface area contributed by atoms with Crippen LogP contribution in [0.2, 0.25) is 0 Å². The average Bonchev–Trinajstić information content (AvgIpc) is 2.29. The van der Waals surface area contributed by atoms with Crippen molar-refractivity contribution in [3.05, 3.63) is 35.4 Å². The molecule has 1 aliphatic rings. The van der Waals surface area contributed by atoms with Crippen LogP contribution in [-0.2, 0) is 0 Å². The second-order valence-corrected chi connectivity index (χ2v) is 4.55. The molecule has 0 aromatic heterocycles. The van der Waals surface area contributed by atoms with E-state index in [2.05, 4.69) is 36.5 Å². The number of piperidine rings is 1. The van der Waals surface area contributed by atoms with Crippen LogP contribution in [0.3, 0.4) is 0 Å². The first kappa shape index (κ1) is 10.7. The van der Waals surface area contributed by atoms with E-state index in [0.717, 1.165) is 19.5 Å². The van der Waals surface area contributed by atoms with Crippen LogP contribution in [-0.4, -0.2) is 24.8 Å². The molecule has 0 radical (unpaired) electrons. The van der Waals surface area contributed by atoms with Crippen molar-refractivity contribution in [1.29, 1.82) is 0 Å². The van der Waals surface area contributed by atoms with E-state index in [1.807, 2.05) is 0 Å². The van der Waals surface area contributed by atoms with Gasteiger partial charge in [0, 0.05) is 19.7 Å². The minimum Gasteiger partial charge on any atom is -0.396 e. The lowest BCUT2D eigenvalue weighted by Gasteiger charge is -2.29. The Morgan fingerprint density at radius 3 is 3.00 bits per heavy atom. The third-order valence-corrected chi connectivity index (χ3v) is 3.21. The molecular weight excluding hydrogens is 186 g/mol. The summed E-state index contributed by atoms with van der Waals surface area (Å²) in [5.41, 5.74) is 2.72. The summed E-state index contributed by atoms with van der Waals surface area (Å²) in [4.78, 5) is 0. The Morgan fingerprint density at radius 1 is 1.40 bits per heavy atom. The lowest BCUT2D eigenvalue weighted by molar-refractivity contribution is 0.190. The number of hydrogen-bond donors (Lipinski definition) is 2. The number of rotatable bonds is 2. The van der Waals surface area contributed by atoms with Crippen LogP contribution in [0, 0.1) is 12.8 Å². The molecule has 1 saturated heterocycles. The first-order valence-electron chi connectivity index (χ1n) is 5.67. The highest BCUT2D eigenvalue weighted by Crippen LogP contribution is 2.26. The van der Waals surface area contributed by atoms with Crippen molar-refractivity contribution >= 4 is 0 Å². The maximum atomic E-state index is 9.17. The molecule has 2 rings (SSSR count). The van der Waals surface area contributed by atoms with Crippen molar-refractivity contribution in [3.63, 3.8) is 0 Å². The van der Waals surface area contributed by atoms with Crippen LogP contribution >= 0.6 is 0 Å². The maximum Gasteiger partial charge on any atom is 0.0471 e. The van der Waals surface area contributed by atoms with E-state index in [9.17, 15) is 5.11 Å². The van der Waals surface area contributed by atoms with Crippen molar-refractivity contribution in [1.82, 2.24) is 5.32 Å². The normalized spacial score (nSPS) is 26.5. The Labute approximate surface area is 91.3 Å². The highest BCUT2D eigenvalue weighted by molar-refractivity contribution is 5.26. The Kier molecular flexibility index (Phi) is 3.39. The zero-order valence-electron chi connectivity index (χ0n) is 9.24. The Balaban J connectivity index is 2.09. The van der Waals surface area contributed by atoms with Crippen LogP contribution in [0.4, 0.5) is 0 Å². The van der Waals surface area contributed by atoms with Gasteiger partial charge in [0.15, 0.2) is 0 Å². The van der Waals surface area contributed by atoms with Crippen LogP contribution in [0.15, 0.2) is 24.3 Å². The predicted molar refractivity (Wildman–Crippen MR) is 62.0 cm³/mol. The van der Waals surface area contributed by atoms with Gasteiger partial charge in [0.2, 0.25) is 0 Å². The van der Waals surface area contributed by atoms with Crippen molar-refractivity contribution in [3.8, 4) is 0 Å². The third kappa shape index (κ3) is 2.58. The van der Waals surface area contributed by atoms with Crippen molar-refractivity contribution in [2.24, 2.45) is 5.92 Å². The van der Waals surface area contributed by atoms with E-state index in [1.54, 1.807) is 0 Å². The minimum atomic E-state index is 0.301. The van der Waals surface area contributed by atoms with E-state index in [0.29, 0.717) is 18.4 Å². The molecule has 2 N–H and O–H groups in total. The molecular formula is C13H19NO. The van der Waals surface area contributed by atoms with Crippen LogP contribution in [0.5, 0.6) is 0 Å². The maximum absolute atomic E-state index is 9.17. The zero-order chi connectivity index (χ0) is 10.7. The summed E-state index contributed by atoms with van der Waals surface area (Å²) in [6.07, 6.45) is 1.10. The van der Waals surface area contributed by atoms with Gasteiger partial charge in [0.1, 0.15) is 0 Å². The molecule has 15 heavy (non-hydrogen) atoms. The van der Waals surface area contributed by atoms with Crippen LogP contribution in [0.1, 0.15) is 23.5 Å². The van der Waals surface area contributed by atoms with E-state index in [1.165, 1.54) is 11.1 Å². The lowest BCUT2D eigenvalue weighted by atomic mass is 9.85. The molecule has 1 aromatic rings. The quantitative estimate of drug-likeness (QED) is 0.770. The fourth-order valence-electron chi connectivity index (χ4n) is 2.35. The largest absolute Gasteiger partial charge is 0.396 e. The number of aliphatic hydroxyl groups excluding tert-OH is 1. The van der Waals surface area contributed by atoms with Crippen molar-refractivity contribution in [2.45, 2.75) is 19.3 Å². The van der Waals surface area contributed by atoms with Crippen molar-refractivity contribution < 1.29 is 5.11 Å². The fraction of sp³-hybridized carbons (Fsp3) is 0.538. The van der Waals surface area contributed by atoms with E-state index >= 15 is 0 Å². The third-order valence-electron chi connectivity index (χ3n) is 3.21. The fourth-order valence-corrected chi connectivity index (χ4v) is 2.35. The molecule has 1 aromatic carbocycles. The van der Waals surface area contributed by atoms with Crippen LogP contribution in [0.25, 0.3) is 0 Å². The topological polar surface area (TPSA) is 32.3 Å². The zero-order valence-corrected chi connectivity index (χ0v) is 9.24. The van der Waals surface area contributed by atoms with Crippen LogP contribution < -0.4 is 5.32 Å². The van der Waals surface area contributed by atoms with Crippen molar-refractivity contribution in [2.75, 3.05) is 19.7 Å². The minimum absolute atomic E-state index is 0.301. The molecule has 1 heterocycles. The number of hydrogen-bond acceptors (Lipinski definition) is 2. The molecule has 0 bridgehead atoms. The van der Waals surface area contributed by atoms with Gasteiger partial charge in [-0.2, -0.15) is 0 Å². The number of nitrogens with one attached hydrogen (secondary N) is 1. The second-order valence-electron chi connectivity index (χ2n) is 4.55. The molecule has 0 amide bonds. The second kappa shape index (κ2) is 4.77. The molecule has 2 unspecified atom stereocenters. The molecule has 0 saturated carbocycles. The van der Waals surface area contributed by atoms with Gasteiger partial charge in [-0.3, -0.25) is 0 Å². The number of aryl methyl sites for hydroxylation is 1. The SMILES string of the molecule is Cc1cccc(C2CNCC(CO)C2)c1. The van der Waals surface area contributed by atoms with E-state index in [4.69, 9.17) is 0 Å². The van der Waals surface area contributed by atoms with Gasteiger partial charge < -0.3 is 10.4 Å². The summed E-state index contributed by atoms with van der Waals surface area (Å²) >= 11 is 0. The summed E-state index contributed by atoms with van der Waals surface area (Å²) in [6.45, 7) is 4.43. The van der Waals surface area contributed by atoms with Gasteiger partial charge >= 0.3 is 0 Å². The molecule has 0 spiro atoms. The van der Waals surface area contributed by atoms with Gasteiger partial charge in [-0.05, 0) is 30.7 Å². The van der Waals surface area contributed by atoms with Gasteiger partial charge in [0.05, 0.1) is 0 Å². The molecule has 2 nitrogen and oxygen atoms in total. The molecule has 2 atom stereocenters. The highest BCUT2D eigenvalue weighted by Gasteiger charge is 2.22. The Hall–Kier alpha value is -0.860. The lowest BCUT2D eigenvalue weighted by Crippen LogP contribution is -2.36. The summed E-state index contributed by atoms with van der Waals surface area (Å²) < 4.78 is 0. The molecule has 0 aliphatic carbocycles. The van der Waals surface area contributed by atoms with Gasteiger partial charge in [-0.15, -0.1) is 0 Å². The van der Waals surface area contributed by atoms with E-state index in [-0.39, 0.29) is 0 Å². The smallest absolute Gasteiger partial charge is 0.0471 e.